The average molecular weight is 480 g/mol. The van der Waals surface area contributed by atoms with Gasteiger partial charge >= 0.3 is 0 Å². The molecule has 0 bridgehead atoms. The van der Waals surface area contributed by atoms with Crippen LogP contribution in [0.25, 0.3) is 10.9 Å². The number of nitrogens with zero attached hydrogens (tertiary/aromatic N) is 3. The zero-order valence-corrected chi connectivity index (χ0v) is 19.6. The number of aromatic nitrogens is 2. The number of carbonyl (C=O) groups excluding carboxylic acids is 1. The minimum absolute atomic E-state index is 0.00296. The number of pyridine rings is 1. The van der Waals surface area contributed by atoms with Gasteiger partial charge in [0.15, 0.2) is 11.4 Å². The Kier molecular flexibility index (Phi) is 5.65. The van der Waals surface area contributed by atoms with Crippen molar-refractivity contribution in [1.29, 1.82) is 0 Å². The number of likely N-dealkylation sites (N-methyl/N-ethyl adjacent to an activating group) is 1. The van der Waals surface area contributed by atoms with Crippen molar-refractivity contribution < 1.29 is 13.9 Å². The summed E-state index contributed by atoms with van der Waals surface area (Å²) >= 11 is 5.94. The standard InChI is InChI=1S/C26H23ClFN3O3/c1-16-13-30(14-18-8-9-20(28)19(27)12-18)25(32)21-22(16)31-11-10-29(2)26(33)23(31)24(21)34-15-17-6-4-3-5-7-17/h3-9,12-13H,10-11,14-15H2,1-2H3. The lowest BCUT2D eigenvalue weighted by atomic mass is 10.1. The highest BCUT2D eigenvalue weighted by Gasteiger charge is 2.32. The van der Waals surface area contributed by atoms with Gasteiger partial charge in [-0.25, -0.2) is 4.39 Å². The van der Waals surface area contributed by atoms with Gasteiger partial charge in [0.2, 0.25) is 0 Å². The summed E-state index contributed by atoms with van der Waals surface area (Å²) in [6, 6.07) is 14.0. The third-order valence-corrected chi connectivity index (χ3v) is 6.48. The Labute approximate surface area is 200 Å². The van der Waals surface area contributed by atoms with Crippen LogP contribution in [-0.4, -0.2) is 33.5 Å². The van der Waals surface area contributed by atoms with Gasteiger partial charge in [-0.3, -0.25) is 9.59 Å². The fourth-order valence-corrected chi connectivity index (χ4v) is 4.69. The second kappa shape index (κ2) is 8.65. The van der Waals surface area contributed by atoms with Gasteiger partial charge < -0.3 is 18.8 Å². The normalized spacial score (nSPS) is 13.4. The monoisotopic (exact) mass is 479 g/mol. The van der Waals surface area contributed by atoms with Crippen molar-refractivity contribution in [3.8, 4) is 5.75 Å². The third-order valence-electron chi connectivity index (χ3n) is 6.19. The number of rotatable bonds is 5. The van der Waals surface area contributed by atoms with Crippen molar-refractivity contribution in [1.82, 2.24) is 14.0 Å². The summed E-state index contributed by atoms with van der Waals surface area (Å²) in [7, 11) is 1.74. The molecule has 34 heavy (non-hydrogen) atoms. The molecular weight excluding hydrogens is 457 g/mol. The van der Waals surface area contributed by atoms with Crippen LogP contribution < -0.4 is 10.3 Å². The van der Waals surface area contributed by atoms with Gasteiger partial charge in [-0.15, -0.1) is 0 Å². The Morgan fingerprint density at radius 2 is 1.82 bits per heavy atom. The maximum Gasteiger partial charge on any atom is 0.274 e. The third kappa shape index (κ3) is 3.76. The van der Waals surface area contributed by atoms with Crippen molar-refractivity contribution in [2.75, 3.05) is 13.6 Å². The molecule has 0 N–H and O–H groups in total. The maximum absolute atomic E-state index is 13.7. The predicted octanol–water partition coefficient (Wildman–Crippen LogP) is 4.62. The van der Waals surface area contributed by atoms with E-state index >= 15 is 0 Å². The molecule has 5 rings (SSSR count). The van der Waals surface area contributed by atoms with Crippen LogP contribution in [0.2, 0.25) is 5.02 Å². The summed E-state index contributed by atoms with van der Waals surface area (Å²) < 4.78 is 23.2. The molecule has 0 aliphatic carbocycles. The average Bonchev–Trinajstić information content (AvgIpc) is 3.17. The van der Waals surface area contributed by atoms with Crippen LogP contribution in [0.4, 0.5) is 4.39 Å². The van der Waals surface area contributed by atoms with Gasteiger partial charge in [0.1, 0.15) is 17.8 Å². The van der Waals surface area contributed by atoms with E-state index in [-0.39, 0.29) is 29.6 Å². The van der Waals surface area contributed by atoms with E-state index in [1.165, 1.54) is 12.1 Å². The number of ether oxygens (including phenoxy) is 1. The molecule has 1 aliphatic heterocycles. The minimum Gasteiger partial charge on any atom is -0.486 e. The van der Waals surface area contributed by atoms with E-state index in [1.807, 2.05) is 41.8 Å². The van der Waals surface area contributed by atoms with Crippen LogP contribution in [0.15, 0.2) is 59.5 Å². The number of carbonyl (C=O) groups is 1. The quantitative estimate of drug-likeness (QED) is 0.420. The zero-order chi connectivity index (χ0) is 24.0. The number of benzene rings is 2. The van der Waals surface area contributed by atoms with Gasteiger partial charge in [-0.05, 0) is 35.7 Å². The lowest BCUT2D eigenvalue weighted by Crippen LogP contribution is -2.37. The molecular formula is C26H23ClFN3O3. The minimum atomic E-state index is -0.510. The van der Waals surface area contributed by atoms with Crippen LogP contribution in [-0.2, 0) is 19.7 Å². The molecule has 1 amide bonds. The zero-order valence-electron chi connectivity index (χ0n) is 18.8. The first kappa shape index (κ1) is 22.2. The van der Waals surface area contributed by atoms with Crippen molar-refractivity contribution in [2.45, 2.75) is 26.6 Å². The van der Waals surface area contributed by atoms with Crippen molar-refractivity contribution in [3.05, 3.63) is 98.3 Å². The summed E-state index contributed by atoms with van der Waals surface area (Å²) in [6.07, 6.45) is 1.76. The van der Waals surface area contributed by atoms with Gasteiger partial charge in [0, 0.05) is 26.3 Å². The number of amides is 1. The van der Waals surface area contributed by atoms with Gasteiger partial charge in [0.05, 0.1) is 17.1 Å². The summed E-state index contributed by atoms with van der Waals surface area (Å²) in [5.74, 6) is -0.389. The predicted molar refractivity (Wildman–Crippen MR) is 129 cm³/mol. The van der Waals surface area contributed by atoms with E-state index in [9.17, 15) is 14.0 Å². The number of halogens is 2. The molecule has 1 aliphatic rings. The molecule has 0 saturated carbocycles. The Hall–Kier alpha value is -3.58. The van der Waals surface area contributed by atoms with Gasteiger partial charge in [-0.2, -0.15) is 0 Å². The fourth-order valence-electron chi connectivity index (χ4n) is 4.49. The number of fused-ring (bicyclic) bond motifs is 3. The summed E-state index contributed by atoms with van der Waals surface area (Å²) in [5, 5.41) is 0.381. The largest absolute Gasteiger partial charge is 0.486 e. The molecule has 3 heterocycles. The topological polar surface area (TPSA) is 56.5 Å². The molecule has 174 valence electrons. The first-order valence-corrected chi connectivity index (χ1v) is 11.3. The molecule has 6 nitrogen and oxygen atoms in total. The highest BCUT2D eigenvalue weighted by molar-refractivity contribution is 6.30. The van der Waals surface area contributed by atoms with Gasteiger partial charge in [0.25, 0.3) is 11.5 Å². The number of hydrogen-bond donors (Lipinski definition) is 0. The SMILES string of the molecule is Cc1cn(Cc2ccc(F)c(Cl)c2)c(=O)c2c(OCc3ccccc3)c3n(c12)CCN(C)C3=O. The van der Waals surface area contributed by atoms with Crippen molar-refractivity contribution in [2.24, 2.45) is 0 Å². The van der Waals surface area contributed by atoms with Crippen LogP contribution in [0.3, 0.4) is 0 Å². The molecule has 0 atom stereocenters. The lowest BCUT2D eigenvalue weighted by molar-refractivity contribution is 0.0744. The highest BCUT2D eigenvalue weighted by atomic mass is 35.5. The molecule has 0 spiro atoms. The van der Waals surface area contributed by atoms with Crippen LogP contribution in [0.1, 0.15) is 27.2 Å². The van der Waals surface area contributed by atoms with Crippen molar-refractivity contribution in [3.63, 3.8) is 0 Å². The molecule has 8 heteroatoms. The smallest absolute Gasteiger partial charge is 0.274 e. The molecule has 2 aromatic heterocycles. The maximum atomic E-state index is 13.7. The van der Waals surface area contributed by atoms with Crippen LogP contribution in [0, 0.1) is 12.7 Å². The van der Waals surface area contributed by atoms with E-state index < -0.39 is 5.82 Å². The Balaban J connectivity index is 1.68. The number of hydrogen-bond acceptors (Lipinski definition) is 3. The molecule has 0 unspecified atom stereocenters. The molecule has 0 saturated heterocycles. The first-order valence-electron chi connectivity index (χ1n) is 11.0. The van der Waals surface area contributed by atoms with Crippen LogP contribution in [0.5, 0.6) is 5.75 Å². The Morgan fingerprint density at radius 1 is 1.06 bits per heavy atom. The molecule has 0 fully saturated rings. The molecule has 0 radical (unpaired) electrons. The summed E-state index contributed by atoms with van der Waals surface area (Å²) in [4.78, 5) is 28.5. The fraction of sp³-hybridized carbons (Fsp3) is 0.231. The molecule has 4 aromatic rings. The Morgan fingerprint density at radius 3 is 2.56 bits per heavy atom. The van der Waals surface area contributed by atoms with E-state index in [1.54, 1.807) is 28.8 Å². The highest BCUT2D eigenvalue weighted by Crippen LogP contribution is 2.36. The summed E-state index contributed by atoms with van der Waals surface area (Å²) in [5.41, 5.74) is 3.29. The van der Waals surface area contributed by atoms with E-state index in [0.717, 1.165) is 11.1 Å². The lowest BCUT2D eigenvalue weighted by Gasteiger charge is -2.25. The van der Waals surface area contributed by atoms with Gasteiger partial charge in [-0.1, -0.05) is 48.0 Å². The van der Waals surface area contributed by atoms with Crippen molar-refractivity contribution >= 4 is 28.4 Å². The van der Waals surface area contributed by atoms with E-state index in [4.69, 9.17) is 16.3 Å². The van der Waals surface area contributed by atoms with Crippen LogP contribution >= 0.6 is 11.6 Å². The second-order valence-corrected chi connectivity index (χ2v) is 8.95. The second-order valence-electron chi connectivity index (χ2n) is 8.55. The van der Waals surface area contributed by atoms with E-state index in [2.05, 4.69) is 0 Å². The van der Waals surface area contributed by atoms with E-state index in [0.29, 0.717) is 41.0 Å². The number of aryl methyl sites for hydroxylation is 1. The summed E-state index contributed by atoms with van der Waals surface area (Å²) in [6.45, 7) is 3.46. The molecule has 2 aromatic carbocycles. The first-order chi connectivity index (χ1) is 16.3. The Bertz CT molecular complexity index is 1480.